The lowest BCUT2D eigenvalue weighted by Crippen LogP contribution is -2.09. The van der Waals surface area contributed by atoms with E-state index < -0.39 is 0 Å². The number of nitriles is 1. The van der Waals surface area contributed by atoms with Crippen LogP contribution in [0.15, 0.2) is 42.5 Å². The number of carbonyl (C=O) groups is 1. The molecule has 0 heterocycles. The summed E-state index contributed by atoms with van der Waals surface area (Å²) in [6, 6.07) is 15.5. The van der Waals surface area contributed by atoms with Crippen molar-refractivity contribution in [3.8, 4) is 6.07 Å². The van der Waals surface area contributed by atoms with Crippen molar-refractivity contribution in [1.29, 1.82) is 5.26 Å². The summed E-state index contributed by atoms with van der Waals surface area (Å²) in [4.78, 5) is 12.0. The van der Waals surface area contributed by atoms with Crippen molar-refractivity contribution in [2.45, 2.75) is 32.3 Å². The maximum absolute atomic E-state index is 12.0. The number of fused-ring (bicyclic) bond motifs is 1. The maximum Gasteiger partial charge on any atom is 0.310 e. The number of rotatable bonds is 4. The van der Waals surface area contributed by atoms with E-state index in [0.29, 0.717) is 5.56 Å². The van der Waals surface area contributed by atoms with Gasteiger partial charge in [0, 0.05) is 5.56 Å². The summed E-state index contributed by atoms with van der Waals surface area (Å²) in [6.45, 7) is 0.146. The van der Waals surface area contributed by atoms with Crippen molar-refractivity contribution in [3.05, 3.63) is 70.3 Å². The van der Waals surface area contributed by atoms with Crippen LogP contribution in [-0.2, 0) is 35.4 Å². The fourth-order valence-electron chi connectivity index (χ4n) is 2.87. The molecule has 3 nitrogen and oxygen atoms in total. The fourth-order valence-corrected chi connectivity index (χ4v) is 2.87. The lowest BCUT2D eigenvalue weighted by Gasteiger charge is -2.07. The Labute approximate surface area is 130 Å². The largest absolute Gasteiger partial charge is 0.461 e. The van der Waals surface area contributed by atoms with Gasteiger partial charge in [-0.25, -0.2) is 0 Å². The van der Waals surface area contributed by atoms with Gasteiger partial charge >= 0.3 is 5.97 Å². The predicted molar refractivity (Wildman–Crippen MR) is 83.1 cm³/mol. The van der Waals surface area contributed by atoms with Gasteiger partial charge in [-0.1, -0.05) is 36.4 Å². The fraction of sp³-hybridized carbons (Fsp3) is 0.263. The van der Waals surface area contributed by atoms with Gasteiger partial charge < -0.3 is 4.74 Å². The van der Waals surface area contributed by atoms with E-state index in [1.54, 1.807) is 18.2 Å². The number of carbonyl (C=O) groups excluding carboxylic acids is 1. The Morgan fingerprint density at radius 2 is 1.95 bits per heavy atom. The molecular formula is C19H17NO2. The first-order chi connectivity index (χ1) is 10.8. The molecule has 0 bridgehead atoms. The van der Waals surface area contributed by atoms with Gasteiger partial charge in [-0.2, -0.15) is 5.26 Å². The molecule has 0 N–H and O–H groups in total. The average molecular weight is 291 g/mol. The summed E-state index contributed by atoms with van der Waals surface area (Å²) in [5, 5.41) is 9.02. The number of ether oxygens (including phenoxy) is 1. The molecule has 0 aromatic heterocycles. The van der Waals surface area contributed by atoms with E-state index >= 15 is 0 Å². The molecule has 0 aliphatic heterocycles. The highest BCUT2D eigenvalue weighted by Gasteiger charge is 2.13. The summed E-state index contributed by atoms with van der Waals surface area (Å²) >= 11 is 0. The monoisotopic (exact) mass is 291 g/mol. The molecule has 1 aliphatic rings. The zero-order chi connectivity index (χ0) is 15.4. The minimum absolute atomic E-state index is 0.146. The second-order valence-electron chi connectivity index (χ2n) is 5.56. The van der Waals surface area contributed by atoms with Crippen LogP contribution in [0.25, 0.3) is 0 Å². The topological polar surface area (TPSA) is 50.1 Å². The second-order valence-corrected chi connectivity index (χ2v) is 5.56. The molecule has 3 heteroatoms. The van der Waals surface area contributed by atoms with Crippen LogP contribution < -0.4 is 0 Å². The van der Waals surface area contributed by atoms with Gasteiger partial charge in [0.15, 0.2) is 0 Å². The molecule has 110 valence electrons. The van der Waals surface area contributed by atoms with Crippen molar-refractivity contribution in [2.75, 3.05) is 0 Å². The van der Waals surface area contributed by atoms with Gasteiger partial charge in [0.1, 0.15) is 6.61 Å². The van der Waals surface area contributed by atoms with Crippen LogP contribution in [0.5, 0.6) is 0 Å². The van der Waals surface area contributed by atoms with Crippen LogP contribution >= 0.6 is 0 Å². The molecular weight excluding hydrogens is 274 g/mol. The lowest BCUT2D eigenvalue weighted by molar-refractivity contribution is -0.144. The molecule has 0 amide bonds. The number of benzene rings is 2. The molecule has 0 atom stereocenters. The number of hydrogen-bond acceptors (Lipinski definition) is 3. The second kappa shape index (κ2) is 6.44. The van der Waals surface area contributed by atoms with E-state index in [4.69, 9.17) is 10.00 Å². The molecule has 2 aromatic carbocycles. The quantitative estimate of drug-likeness (QED) is 0.812. The van der Waals surface area contributed by atoms with Crippen LogP contribution in [0.1, 0.15) is 34.2 Å². The van der Waals surface area contributed by atoms with E-state index in [1.165, 1.54) is 17.5 Å². The van der Waals surface area contributed by atoms with Crippen molar-refractivity contribution < 1.29 is 9.53 Å². The summed E-state index contributed by atoms with van der Waals surface area (Å²) in [5.41, 5.74) is 5.06. The van der Waals surface area contributed by atoms with Crippen molar-refractivity contribution in [3.63, 3.8) is 0 Å². The molecule has 22 heavy (non-hydrogen) atoms. The highest BCUT2D eigenvalue weighted by Crippen LogP contribution is 2.23. The Kier molecular flexibility index (Phi) is 4.20. The minimum atomic E-state index is -0.259. The first-order valence-electron chi connectivity index (χ1n) is 7.50. The Morgan fingerprint density at radius 3 is 2.82 bits per heavy atom. The maximum atomic E-state index is 12.0. The van der Waals surface area contributed by atoms with Gasteiger partial charge in [0.2, 0.25) is 0 Å². The zero-order valence-electron chi connectivity index (χ0n) is 12.3. The van der Waals surface area contributed by atoms with E-state index in [2.05, 4.69) is 18.2 Å². The molecule has 2 aromatic rings. The number of aryl methyl sites for hydroxylation is 2. The molecule has 0 saturated heterocycles. The number of esters is 1. The third kappa shape index (κ3) is 3.17. The van der Waals surface area contributed by atoms with Crippen LogP contribution in [0.4, 0.5) is 0 Å². The SMILES string of the molecule is N#Cc1ccccc1COC(=O)Cc1ccc2c(c1)CCC2. The van der Waals surface area contributed by atoms with Crippen LogP contribution in [0, 0.1) is 11.3 Å². The molecule has 0 saturated carbocycles. The van der Waals surface area contributed by atoms with E-state index in [1.807, 2.05) is 12.1 Å². The molecule has 0 unspecified atom stereocenters. The lowest BCUT2D eigenvalue weighted by atomic mass is 10.0. The van der Waals surface area contributed by atoms with E-state index in [9.17, 15) is 4.79 Å². The van der Waals surface area contributed by atoms with Gasteiger partial charge in [-0.05, 0) is 42.0 Å². The summed E-state index contributed by atoms with van der Waals surface area (Å²) < 4.78 is 5.30. The number of nitrogens with zero attached hydrogens (tertiary/aromatic N) is 1. The van der Waals surface area contributed by atoms with Gasteiger partial charge in [-0.3, -0.25) is 4.79 Å². The first kappa shape index (κ1) is 14.3. The number of hydrogen-bond donors (Lipinski definition) is 0. The van der Waals surface area contributed by atoms with Gasteiger partial charge in [-0.15, -0.1) is 0 Å². The molecule has 1 aliphatic carbocycles. The normalized spacial score (nSPS) is 12.5. The van der Waals surface area contributed by atoms with Crippen molar-refractivity contribution in [2.24, 2.45) is 0 Å². The van der Waals surface area contributed by atoms with Crippen molar-refractivity contribution >= 4 is 5.97 Å². The third-order valence-corrected chi connectivity index (χ3v) is 4.04. The first-order valence-corrected chi connectivity index (χ1v) is 7.50. The van der Waals surface area contributed by atoms with Gasteiger partial charge in [0.05, 0.1) is 18.1 Å². The molecule has 3 rings (SSSR count). The minimum Gasteiger partial charge on any atom is -0.461 e. The van der Waals surface area contributed by atoms with Crippen LogP contribution in [0.3, 0.4) is 0 Å². The van der Waals surface area contributed by atoms with Crippen molar-refractivity contribution in [1.82, 2.24) is 0 Å². The molecule has 0 fully saturated rings. The van der Waals surface area contributed by atoms with Crippen LogP contribution in [0.2, 0.25) is 0 Å². The third-order valence-electron chi connectivity index (χ3n) is 4.04. The average Bonchev–Trinajstić information content (AvgIpc) is 3.01. The predicted octanol–water partition coefficient (Wildman–Crippen LogP) is 3.33. The highest BCUT2D eigenvalue weighted by molar-refractivity contribution is 5.72. The highest BCUT2D eigenvalue weighted by atomic mass is 16.5. The summed E-state index contributed by atoms with van der Waals surface area (Å²) in [7, 11) is 0. The Morgan fingerprint density at radius 1 is 1.14 bits per heavy atom. The smallest absolute Gasteiger partial charge is 0.310 e. The molecule has 0 radical (unpaired) electrons. The summed E-state index contributed by atoms with van der Waals surface area (Å²) in [5.74, 6) is -0.259. The zero-order valence-corrected chi connectivity index (χ0v) is 12.3. The Bertz CT molecular complexity index is 743. The Balaban J connectivity index is 1.60. The van der Waals surface area contributed by atoms with Gasteiger partial charge in [0.25, 0.3) is 0 Å². The standard InChI is InChI=1S/C19H17NO2/c20-12-17-4-1-2-5-18(17)13-22-19(21)11-14-8-9-15-6-3-7-16(15)10-14/h1-2,4-5,8-10H,3,6-7,11,13H2. The van der Waals surface area contributed by atoms with Crippen LogP contribution in [-0.4, -0.2) is 5.97 Å². The van der Waals surface area contributed by atoms with E-state index in [-0.39, 0.29) is 19.0 Å². The summed E-state index contributed by atoms with van der Waals surface area (Å²) in [6.07, 6.45) is 3.73. The molecule has 0 spiro atoms. The van der Waals surface area contributed by atoms with E-state index in [0.717, 1.165) is 24.0 Å². The Hall–Kier alpha value is -2.60.